The number of hydrogen-bond acceptors (Lipinski definition) is 3. The van der Waals surface area contributed by atoms with Gasteiger partial charge >= 0.3 is 5.97 Å². The van der Waals surface area contributed by atoms with Gasteiger partial charge in [0.1, 0.15) is 0 Å². The standard InChI is InChI=1S/C9H8BrF2NO2/c1-4-6(8(11)12)7(10)5(3-13-4)9(14)15-2/h3,8H,1-2H3. The summed E-state index contributed by atoms with van der Waals surface area (Å²) in [4.78, 5) is 14.9. The van der Waals surface area contributed by atoms with Crippen LogP contribution >= 0.6 is 15.9 Å². The Morgan fingerprint density at radius 2 is 2.20 bits per heavy atom. The van der Waals surface area contributed by atoms with Gasteiger partial charge in [-0.15, -0.1) is 0 Å². The molecule has 0 saturated heterocycles. The zero-order chi connectivity index (χ0) is 11.6. The molecule has 6 heteroatoms. The first kappa shape index (κ1) is 12.0. The molecule has 1 heterocycles. The smallest absolute Gasteiger partial charge is 0.340 e. The zero-order valence-corrected chi connectivity index (χ0v) is 9.64. The van der Waals surface area contributed by atoms with E-state index in [-0.39, 0.29) is 21.3 Å². The fraction of sp³-hybridized carbons (Fsp3) is 0.333. The third kappa shape index (κ3) is 2.31. The minimum atomic E-state index is -2.68. The van der Waals surface area contributed by atoms with E-state index in [1.165, 1.54) is 20.2 Å². The Hall–Kier alpha value is -1.04. The second kappa shape index (κ2) is 4.65. The average Bonchev–Trinajstić information content (AvgIpc) is 2.16. The maximum atomic E-state index is 12.6. The normalized spacial score (nSPS) is 10.5. The molecule has 3 nitrogen and oxygen atoms in total. The zero-order valence-electron chi connectivity index (χ0n) is 8.05. The van der Waals surface area contributed by atoms with Crippen molar-refractivity contribution in [3.8, 4) is 0 Å². The monoisotopic (exact) mass is 279 g/mol. The Kier molecular flexibility index (Phi) is 3.73. The number of ether oxygens (including phenoxy) is 1. The number of carbonyl (C=O) groups is 1. The van der Waals surface area contributed by atoms with Crippen LogP contribution in [0.4, 0.5) is 8.78 Å². The van der Waals surface area contributed by atoms with E-state index in [1.54, 1.807) is 0 Å². The largest absolute Gasteiger partial charge is 0.465 e. The molecular weight excluding hydrogens is 272 g/mol. The number of nitrogens with zero attached hydrogens (tertiary/aromatic N) is 1. The molecule has 15 heavy (non-hydrogen) atoms. The van der Waals surface area contributed by atoms with Crippen LogP contribution in [0.2, 0.25) is 0 Å². The lowest BCUT2D eigenvalue weighted by molar-refractivity contribution is 0.0598. The molecule has 0 aliphatic carbocycles. The van der Waals surface area contributed by atoms with Crippen molar-refractivity contribution in [2.45, 2.75) is 13.3 Å². The van der Waals surface area contributed by atoms with Gasteiger partial charge in [0.25, 0.3) is 6.43 Å². The molecule has 0 N–H and O–H groups in total. The van der Waals surface area contributed by atoms with Crippen molar-refractivity contribution in [3.63, 3.8) is 0 Å². The number of rotatable bonds is 2. The lowest BCUT2D eigenvalue weighted by Crippen LogP contribution is -2.07. The van der Waals surface area contributed by atoms with Crippen LogP contribution in [-0.2, 0) is 4.74 Å². The molecule has 0 aliphatic rings. The molecule has 0 bridgehead atoms. The summed E-state index contributed by atoms with van der Waals surface area (Å²) in [5.74, 6) is -0.698. The summed E-state index contributed by atoms with van der Waals surface area (Å²) < 4.78 is 29.7. The third-order valence-corrected chi connectivity index (χ3v) is 2.73. The van der Waals surface area contributed by atoms with Crippen LogP contribution in [0.25, 0.3) is 0 Å². The van der Waals surface area contributed by atoms with E-state index >= 15 is 0 Å². The molecule has 0 radical (unpaired) electrons. The number of halogens is 3. The average molecular weight is 280 g/mol. The van der Waals surface area contributed by atoms with Crippen molar-refractivity contribution in [2.75, 3.05) is 7.11 Å². The molecule has 0 saturated carbocycles. The molecule has 82 valence electrons. The first-order valence-electron chi connectivity index (χ1n) is 4.00. The summed E-state index contributed by atoms with van der Waals surface area (Å²) >= 11 is 2.95. The minimum absolute atomic E-state index is 0.00148. The van der Waals surface area contributed by atoms with Gasteiger partial charge in [-0.2, -0.15) is 0 Å². The quantitative estimate of drug-likeness (QED) is 0.782. The van der Waals surface area contributed by atoms with Crippen LogP contribution in [0, 0.1) is 6.92 Å². The molecule has 0 fully saturated rings. The van der Waals surface area contributed by atoms with E-state index < -0.39 is 12.4 Å². The molecular formula is C9H8BrF2NO2. The maximum absolute atomic E-state index is 12.6. The summed E-state index contributed by atoms with van der Waals surface area (Å²) in [5.41, 5.74) is -0.0965. The topological polar surface area (TPSA) is 39.2 Å². The summed E-state index contributed by atoms with van der Waals surface area (Å²) in [7, 11) is 1.18. The van der Waals surface area contributed by atoms with Gasteiger partial charge in [0.2, 0.25) is 0 Å². The number of alkyl halides is 2. The molecule has 0 aliphatic heterocycles. The number of esters is 1. The SMILES string of the molecule is COC(=O)c1cnc(C)c(C(F)F)c1Br. The first-order valence-corrected chi connectivity index (χ1v) is 4.79. The van der Waals surface area contributed by atoms with Crippen LogP contribution in [0.3, 0.4) is 0 Å². The number of methoxy groups -OCH3 is 1. The van der Waals surface area contributed by atoms with Gasteiger partial charge in [-0.25, -0.2) is 13.6 Å². The molecule has 0 aromatic carbocycles. The van der Waals surface area contributed by atoms with Crippen molar-refractivity contribution < 1.29 is 18.3 Å². The van der Waals surface area contributed by atoms with Gasteiger partial charge in [0, 0.05) is 16.4 Å². The Bertz CT molecular complexity index is 396. The van der Waals surface area contributed by atoms with Crippen molar-refractivity contribution in [1.29, 1.82) is 0 Å². The number of hydrogen-bond donors (Lipinski definition) is 0. The van der Waals surface area contributed by atoms with Gasteiger partial charge in [0.15, 0.2) is 0 Å². The molecule has 0 unspecified atom stereocenters. The van der Waals surface area contributed by atoms with Crippen LogP contribution in [0.15, 0.2) is 10.7 Å². The highest BCUT2D eigenvalue weighted by Crippen LogP contribution is 2.31. The van der Waals surface area contributed by atoms with E-state index in [9.17, 15) is 13.6 Å². The van der Waals surface area contributed by atoms with Gasteiger partial charge in [-0.05, 0) is 22.9 Å². The minimum Gasteiger partial charge on any atom is -0.465 e. The van der Waals surface area contributed by atoms with Crippen molar-refractivity contribution >= 4 is 21.9 Å². The van der Waals surface area contributed by atoms with E-state index in [4.69, 9.17) is 0 Å². The molecule has 0 amide bonds. The summed E-state index contributed by atoms with van der Waals surface area (Å²) in [5, 5.41) is 0. The van der Waals surface area contributed by atoms with Gasteiger partial charge in [0.05, 0.1) is 18.2 Å². The molecule has 1 rings (SSSR count). The number of pyridine rings is 1. The Morgan fingerprint density at radius 1 is 1.60 bits per heavy atom. The van der Waals surface area contributed by atoms with Crippen LogP contribution in [0.5, 0.6) is 0 Å². The lowest BCUT2D eigenvalue weighted by atomic mass is 10.1. The molecule has 1 aromatic heterocycles. The van der Waals surface area contributed by atoms with E-state index in [1.807, 2.05) is 0 Å². The highest BCUT2D eigenvalue weighted by molar-refractivity contribution is 9.10. The van der Waals surface area contributed by atoms with Crippen LogP contribution < -0.4 is 0 Å². The van der Waals surface area contributed by atoms with Crippen LogP contribution in [-0.4, -0.2) is 18.1 Å². The maximum Gasteiger partial charge on any atom is 0.340 e. The fourth-order valence-electron chi connectivity index (χ4n) is 1.10. The number of carbonyl (C=O) groups excluding carboxylic acids is 1. The molecule has 0 atom stereocenters. The van der Waals surface area contributed by atoms with Gasteiger partial charge in [-0.3, -0.25) is 4.98 Å². The summed E-state index contributed by atoms with van der Waals surface area (Å²) in [6.45, 7) is 1.45. The summed E-state index contributed by atoms with van der Waals surface area (Å²) in [6.07, 6.45) is -1.48. The summed E-state index contributed by atoms with van der Waals surface area (Å²) in [6, 6.07) is 0. The van der Waals surface area contributed by atoms with E-state index in [0.717, 1.165) is 0 Å². The first-order chi connectivity index (χ1) is 6.99. The Morgan fingerprint density at radius 3 is 2.67 bits per heavy atom. The van der Waals surface area contributed by atoms with E-state index in [0.29, 0.717) is 0 Å². The predicted molar refractivity (Wildman–Crippen MR) is 53.0 cm³/mol. The predicted octanol–water partition coefficient (Wildman–Crippen LogP) is 2.88. The second-order valence-corrected chi connectivity index (χ2v) is 3.57. The van der Waals surface area contributed by atoms with Crippen LogP contribution in [0.1, 0.15) is 28.0 Å². The molecule has 0 spiro atoms. The Labute approximate surface area is 93.6 Å². The highest BCUT2D eigenvalue weighted by atomic mass is 79.9. The Balaban J connectivity index is 3.35. The highest BCUT2D eigenvalue weighted by Gasteiger charge is 2.21. The van der Waals surface area contributed by atoms with E-state index in [2.05, 4.69) is 25.7 Å². The van der Waals surface area contributed by atoms with Gasteiger partial charge < -0.3 is 4.74 Å². The number of aryl methyl sites for hydroxylation is 1. The van der Waals surface area contributed by atoms with Crippen molar-refractivity contribution in [1.82, 2.24) is 4.98 Å². The van der Waals surface area contributed by atoms with Crippen molar-refractivity contribution in [3.05, 3.63) is 27.5 Å². The van der Waals surface area contributed by atoms with Gasteiger partial charge in [-0.1, -0.05) is 0 Å². The van der Waals surface area contributed by atoms with Crippen molar-refractivity contribution in [2.24, 2.45) is 0 Å². The lowest BCUT2D eigenvalue weighted by Gasteiger charge is -2.09. The number of aromatic nitrogens is 1. The molecule has 1 aromatic rings. The second-order valence-electron chi connectivity index (χ2n) is 2.78. The third-order valence-electron chi connectivity index (χ3n) is 1.87. The fourth-order valence-corrected chi connectivity index (χ4v) is 1.82.